The van der Waals surface area contributed by atoms with Gasteiger partial charge in [-0.2, -0.15) is 17.5 Å². The fourth-order valence-electron chi connectivity index (χ4n) is 3.55. The van der Waals surface area contributed by atoms with Gasteiger partial charge in [0.05, 0.1) is 21.9 Å². The maximum absolute atomic E-state index is 13.0. The maximum Gasteiger partial charge on any atom is 0.416 e. The first-order chi connectivity index (χ1) is 15.5. The van der Waals surface area contributed by atoms with Crippen molar-refractivity contribution in [2.24, 2.45) is 0 Å². The fraction of sp³-hybridized carbons (Fsp3) is 0.381. The molecule has 12 heteroatoms. The first kappa shape index (κ1) is 24.6. The average Bonchev–Trinajstić information content (AvgIpc) is 3.07. The van der Waals surface area contributed by atoms with Crippen molar-refractivity contribution in [3.63, 3.8) is 0 Å². The first-order valence-corrected chi connectivity index (χ1v) is 11.7. The molecular weight excluding hydrogens is 463 g/mol. The average molecular weight is 485 g/mol. The molecule has 8 nitrogen and oxygen atoms in total. The Morgan fingerprint density at radius 1 is 1.06 bits per heavy atom. The third kappa shape index (κ3) is 5.88. The second kappa shape index (κ2) is 9.87. The lowest BCUT2D eigenvalue weighted by Crippen LogP contribution is -2.32. The number of hydrogen-bond donors (Lipinski definition) is 1. The predicted molar refractivity (Wildman–Crippen MR) is 115 cm³/mol. The molecule has 0 aromatic heterocycles. The van der Waals surface area contributed by atoms with Crippen LogP contribution in [0.1, 0.15) is 41.6 Å². The summed E-state index contributed by atoms with van der Waals surface area (Å²) < 4.78 is 65.8. The van der Waals surface area contributed by atoms with Gasteiger partial charge in [0.2, 0.25) is 10.0 Å². The van der Waals surface area contributed by atoms with E-state index in [2.05, 4.69) is 5.32 Å². The number of nitrogens with zero attached hydrogens (tertiary/aromatic N) is 2. The minimum absolute atomic E-state index is 0.0317. The minimum atomic E-state index is -4.75. The van der Waals surface area contributed by atoms with E-state index in [0.717, 1.165) is 31.7 Å². The zero-order valence-electron chi connectivity index (χ0n) is 17.5. The molecule has 0 unspecified atom stereocenters. The second-order valence-corrected chi connectivity index (χ2v) is 9.55. The number of hydrogen-bond acceptors (Lipinski definition) is 6. The molecule has 1 saturated heterocycles. The molecule has 0 aliphatic carbocycles. The Hall–Kier alpha value is -2.99. The number of nitro groups is 1. The van der Waals surface area contributed by atoms with Crippen molar-refractivity contribution in [3.8, 4) is 0 Å². The number of benzene rings is 2. The van der Waals surface area contributed by atoms with E-state index in [-0.39, 0.29) is 16.1 Å². The van der Waals surface area contributed by atoms with Crippen LogP contribution in [0.3, 0.4) is 0 Å². The molecule has 1 N–H and O–H groups in total. The van der Waals surface area contributed by atoms with Crippen molar-refractivity contribution in [1.29, 1.82) is 0 Å². The topological polar surface area (TPSA) is 110 Å². The van der Waals surface area contributed by atoms with E-state index in [4.69, 9.17) is 0 Å². The summed E-state index contributed by atoms with van der Waals surface area (Å²) in [5.41, 5.74) is -2.20. The lowest BCUT2D eigenvalue weighted by Gasteiger charge is -2.20. The van der Waals surface area contributed by atoms with Crippen LogP contribution < -0.4 is 5.32 Å². The molecule has 0 amide bonds. The third-order valence-corrected chi connectivity index (χ3v) is 7.21. The Kier molecular flexibility index (Phi) is 7.38. The van der Waals surface area contributed by atoms with Crippen molar-refractivity contribution in [3.05, 3.63) is 63.7 Å². The standard InChI is InChI=1S/C21H22F3N3O5S/c22-21(23,24)16-8-9-18(19(13-16)27(29)30)25-14-20(28)15-6-5-7-17(12-15)33(31,32)26-10-3-1-2-4-11-26/h5-9,12-13,25H,1-4,10-11,14H2. The van der Waals surface area contributed by atoms with Crippen LogP contribution in [0.2, 0.25) is 0 Å². The highest BCUT2D eigenvalue weighted by atomic mass is 32.2. The van der Waals surface area contributed by atoms with Crippen LogP contribution in [0.4, 0.5) is 24.5 Å². The number of carbonyl (C=O) groups excluding carboxylic acids is 1. The Morgan fingerprint density at radius 3 is 2.33 bits per heavy atom. The summed E-state index contributed by atoms with van der Waals surface area (Å²) >= 11 is 0. The van der Waals surface area contributed by atoms with Crippen LogP contribution >= 0.6 is 0 Å². The highest BCUT2D eigenvalue weighted by Crippen LogP contribution is 2.35. The van der Waals surface area contributed by atoms with Crippen LogP contribution in [-0.4, -0.2) is 43.1 Å². The predicted octanol–water partition coefficient (Wildman–Crippen LogP) is 4.47. The molecule has 1 aliphatic rings. The van der Waals surface area contributed by atoms with E-state index >= 15 is 0 Å². The SMILES string of the molecule is O=C(CNc1ccc(C(F)(F)F)cc1[N+](=O)[O-])c1cccc(S(=O)(=O)N2CCCCCC2)c1. The summed E-state index contributed by atoms with van der Waals surface area (Å²) in [5.74, 6) is -0.572. The van der Waals surface area contributed by atoms with E-state index in [1.807, 2.05) is 0 Å². The van der Waals surface area contributed by atoms with Crippen molar-refractivity contribution in [2.75, 3.05) is 25.0 Å². The Balaban J connectivity index is 1.77. The summed E-state index contributed by atoms with van der Waals surface area (Å²) in [4.78, 5) is 22.8. The molecule has 1 heterocycles. The molecule has 2 aromatic rings. The van der Waals surface area contributed by atoms with Crippen molar-refractivity contribution >= 4 is 27.2 Å². The van der Waals surface area contributed by atoms with Gasteiger partial charge in [-0.25, -0.2) is 8.42 Å². The van der Waals surface area contributed by atoms with Crippen molar-refractivity contribution in [1.82, 2.24) is 4.31 Å². The molecular formula is C21H22F3N3O5S. The monoisotopic (exact) mass is 485 g/mol. The van der Waals surface area contributed by atoms with Gasteiger partial charge in [-0.15, -0.1) is 0 Å². The molecule has 0 spiro atoms. The number of Topliss-reactive ketones (excluding diaryl/α,β-unsaturated/α-hetero) is 1. The van der Waals surface area contributed by atoms with Gasteiger partial charge in [-0.3, -0.25) is 14.9 Å². The zero-order valence-corrected chi connectivity index (χ0v) is 18.3. The fourth-order valence-corrected chi connectivity index (χ4v) is 5.11. The second-order valence-electron chi connectivity index (χ2n) is 7.61. The smallest absolute Gasteiger partial charge is 0.372 e. The van der Waals surface area contributed by atoms with E-state index in [0.29, 0.717) is 25.2 Å². The van der Waals surface area contributed by atoms with Crippen molar-refractivity contribution < 1.29 is 31.3 Å². The number of sulfonamides is 1. The number of halogens is 3. The zero-order chi connectivity index (χ0) is 24.2. The van der Waals surface area contributed by atoms with Crippen LogP contribution in [-0.2, 0) is 16.2 Å². The molecule has 0 radical (unpaired) electrons. The van der Waals surface area contributed by atoms with Gasteiger partial charge < -0.3 is 5.32 Å². The number of carbonyl (C=O) groups is 1. The Bertz CT molecular complexity index is 1140. The molecule has 1 aliphatic heterocycles. The molecule has 178 valence electrons. The van der Waals surface area contributed by atoms with Crippen molar-refractivity contribution in [2.45, 2.75) is 36.8 Å². The number of ketones is 1. The van der Waals surface area contributed by atoms with Gasteiger partial charge in [0.25, 0.3) is 5.69 Å². The maximum atomic E-state index is 13.0. The number of nitrogens with one attached hydrogen (secondary N) is 1. The van der Waals surface area contributed by atoms with Gasteiger partial charge in [-0.1, -0.05) is 25.0 Å². The van der Waals surface area contributed by atoms with Gasteiger partial charge >= 0.3 is 6.18 Å². The summed E-state index contributed by atoms with van der Waals surface area (Å²) in [6.07, 6.45) is -1.33. The quantitative estimate of drug-likeness (QED) is 0.352. The largest absolute Gasteiger partial charge is 0.416 e. The molecule has 0 bridgehead atoms. The number of anilines is 1. The van der Waals surface area contributed by atoms with E-state index in [9.17, 15) is 36.5 Å². The third-order valence-electron chi connectivity index (χ3n) is 5.32. The molecule has 0 atom stereocenters. The summed E-state index contributed by atoms with van der Waals surface area (Å²) in [5, 5.41) is 13.7. The van der Waals surface area contributed by atoms with Crippen LogP contribution in [0, 0.1) is 10.1 Å². The van der Waals surface area contributed by atoms with Crippen LogP contribution in [0.25, 0.3) is 0 Å². The van der Waals surface area contributed by atoms with Gasteiger partial charge in [0.1, 0.15) is 5.69 Å². The van der Waals surface area contributed by atoms with Crippen LogP contribution in [0.5, 0.6) is 0 Å². The Labute approximate surface area is 188 Å². The van der Waals surface area contributed by atoms with Gasteiger partial charge in [-0.05, 0) is 37.1 Å². The minimum Gasteiger partial charge on any atom is -0.372 e. The molecule has 0 saturated carbocycles. The lowest BCUT2D eigenvalue weighted by atomic mass is 10.1. The van der Waals surface area contributed by atoms with E-state index in [1.165, 1.54) is 28.6 Å². The van der Waals surface area contributed by atoms with Gasteiger partial charge in [0.15, 0.2) is 5.78 Å². The number of nitro benzene ring substituents is 1. The number of alkyl halides is 3. The molecule has 1 fully saturated rings. The summed E-state index contributed by atoms with van der Waals surface area (Å²) in [7, 11) is -3.78. The highest BCUT2D eigenvalue weighted by molar-refractivity contribution is 7.89. The molecule has 2 aromatic carbocycles. The van der Waals surface area contributed by atoms with E-state index < -0.39 is 44.7 Å². The molecule has 3 rings (SSSR count). The van der Waals surface area contributed by atoms with E-state index in [1.54, 1.807) is 0 Å². The Morgan fingerprint density at radius 2 is 1.73 bits per heavy atom. The summed E-state index contributed by atoms with van der Waals surface area (Å²) in [6, 6.07) is 7.42. The normalized spacial score (nSPS) is 15.6. The van der Waals surface area contributed by atoms with Gasteiger partial charge in [0, 0.05) is 24.7 Å². The summed E-state index contributed by atoms with van der Waals surface area (Å²) in [6.45, 7) is 0.332. The molecule has 33 heavy (non-hydrogen) atoms. The van der Waals surface area contributed by atoms with Crippen LogP contribution in [0.15, 0.2) is 47.4 Å². The lowest BCUT2D eigenvalue weighted by molar-refractivity contribution is -0.384. The highest BCUT2D eigenvalue weighted by Gasteiger charge is 2.33. The first-order valence-electron chi connectivity index (χ1n) is 10.2. The number of rotatable bonds is 7.